The van der Waals surface area contributed by atoms with Gasteiger partial charge < -0.3 is 5.32 Å². The predicted molar refractivity (Wildman–Crippen MR) is 76.5 cm³/mol. The molecule has 1 N–H and O–H groups in total. The third-order valence-electron chi connectivity index (χ3n) is 3.22. The Hall–Kier alpha value is -0.190. The van der Waals surface area contributed by atoms with Crippen molar-refractivity contribution >= 4 is 37.6 Å². The van der Waals surface area contributed by atoms with Gasteiger partial charge in [0, 0.05) is 20.4 Å². The molecule has 0 amide bonds. The minimum absolute atomic E-state index is 0.169. The van der Waals surface area contributed by atoms with E-state index in [0.717, 1.165) is 46.0 Å². The van der Waals surface area contributed by atoms with Crippen molar-refractivity contribution in [3.63, 3.8) is 0 Å². The number of hydrogen-bond donors (Lipinski definition) is 1. The van der Waals surface area contributed by atoms with Gasteiger partial charge in [-0.1, -0.05) is 31.9 Å². The number of carbonyl (C=O) groups excluding carboxylic acids is 1. The number of nitrogens with one attached hydrogen (secondary N) is 1. The lowest BCUT2D eigenvalue weighted by Crippen LogP contribution is -2.32. The van der Waals surface area contributed by atoms with Crippen LogP contribution in [0.25, 0.3) is 0 Å². The normalized spacial score (nSPS) is 17.1. The molecule has 0 saturated carbocycles. The zero-order chi connectivity index (χ0) is 12.4. The van der Waals surface area contributed by atoms with Gasteiger partial charge in [-0.3, -0.25) is 4.79 Å². The van der Waals surface area contributed by atoms with Crippen LogP contribution < -0.4 is 5.32 Å². The van der Waals surface area contributed by atoms with Crippen molar-refractivity contribution in [2.45, 2.75) is 19.8 Å². The second kappa shape index (κ2) is 5.63. The van der Waals surface area contributed by atoms with E-state index in [1.807, 2.05) is 19.1 Å². The van der Waals surface area contributed by atoms with Crippen LogP contribution >= 0.6 is 31.9 Å². The van der Waals surface area contributed by atoms with Crippen LogP contribution in [0.5, 0.6) is 0 Å². The molecule has 1 aliphatic rings. The highest BCUT2D eigenvalue weighted by atomic mass is 79.9. The second-order valence-electron chi connectivity index (χ2n) is 4.47. The van der Waals surface area contributed by atoms with Crippen molar-refractivity contribution < 1.29 is 4.79 Å². The van der Waals surface area contributed by atoms with E-state index in [-0.39, 0.29) is 11.7 Å². The molecule has 0 unspecified atom stereocenters. The molecule has 0 atom stereocenters. The molecule has 1 saturated heterocycles. The maximum Gasteiger partial charge on any atom is 0.167 e. The van der Waals surface area contributed by atoms with Crippen LogP contribution in [0.4, 0.5) is 0 Å². The van der Waals surface area contributed by atoms with Crippen LogP contribution in [0, 0.1) is 12.8 Å². The molecular weight excluding hydrogens is 346 g/mol. The van der Waals surface area contributed by atoms with Gasteiger partial charge in [-0.25, -0.2) is 0 Å². The highest BCUT2D eigenvalue weighted by Crippen LogP contribution is 2.29. The molecule has 4 heteroatoms. The van der Waals surface area contributed by atoms with Gasteiger partial charge in [-0.15, -0.1) is 0 Å². The van der Waals surface area contributed by atoms with E-state index in [4.69, 9.17) is 0 Å². The standard InChI is InChI=1S/C13H15Br2NO/c1-8-6-12(15)10(7-11(8)14)13(17)9-2-4-16-5-3-9/h6-7,9,16H,2-5H2,1H3. The molecule has 0 aromatic heterocycles. The molecule has 1 aromatic rings. The molecule has 1 fully saturated rings. The number of piperidine rings is 1. The van der Waals surface area contributed by atoms with Gasteiger partial charge in [0.1, 0.15) is 0 Å². The first-order valence-corrected chi connectivity index (χ1v) is 7.39. The van der Waals surface area contributed by atoms with Crippen molar-refractivity contribution in [3.05, 3.63) is 32.2 Å². The van der Waals surface area contributed by atoms with Gasteiger partial charge in [0.15, 0.2) is 5.78 Å². The van der Waals surface area contributed by atoms with Crippen LogP contribution in [-0.2, 0) is 0 Å². The number of Topliss-reactive ketones (excluding diaryl/α,β-unsaturated/α-hetero) is 1. The number of carbonyl (C=O) groups is 1. The van der Waals surface area contributed by atoms with Gasteiger partial charge in [0.05, 0.1) is 0 Å². The molecule has 1 aromatic carbocycles. The molecule has 2 rings (SSSR count). The average Bonchev–Trinajstić information content (AvgIpc) is 2.34. The summed E-state index contributed by atoms with van der Waals surface area (Å²) >= 11 is 6.98. The maximum atomic E-state index is 12.4. The minimum Gasteiger partial charge on any atom is -0.317 e. The molecule has 1 heterocycles. The Labute approximate surface area is 118 Å². The van der Waals surface area contributed by atoms with Gasteiger partial charge in [-0.2, -0.15) is 0 Å². The van der Waals surface area contributed by atoms with E-state index < -0.39 is 0 Å². The molecule has 2 nitrogen and oxygen atoms in total. The van der Waals surface area contributed by atoms with Crippen LogP contribution in [0.15, 0.2) is 21.1 Å². The lowest BCUT2D eigenvalue weighted by Gasteiger charge is -2.22. The number of halogens is 2. The number of aryl methyl sites for hydroxylation is 1. The van der Waals surface area contributed by atoms with Crippen molar-refractivity contribution in [2.75, 3.05) is 13.1 Å². The topological polar surface area (TPSA) is 29.1 Å². The number of benzene rings is 1. The molecule has 0 aliphatic carbocycles. The van der Waals surface area contributed by atoms with Crippen LogP contribution in [0.2, 0.25) is 0 Å². The van der Waals surface area contributed by atoms with Gasteiger partial charge >= 0.3 is 0 Å². The number of ketones is 1. The Morgan fingerprint density at radius 1 is 1.24 bits per heavy atom. The Morgan fingerprint density at radius 3 is 2.53 bits per heavy atom. The average molecular weight is 361 g/mol. The summed E-state index contributed by atoms with van der Waals surface area (Å²) in [5.41, 5.74) is 1.94. The van der Waals surface area contributed by atoms with Crippen molar-refractivity contribution in [3.8, 4) is 0 Å². The van der Waals surface area contributed by atoms with Gasteiger partial charge in [-0.05, 0) is 50.6 Å². The third kappa shape index (κ3) is 2.98. The van der Waals surface area contributed by atoms with Crippen LogP contribution in [0.3, 0.4) is 0 Å². The number of rotatable bonds is 2. The largest absolute Gasteiger partial charge is 0.317 e. The second-order valence-corrected chi connectivity index (χ2v) is 6.18. The Bertz CT molecular complexity index is 439. The lowest BCUT2D eigenvalue weighted by atomic mass is 9.89. The number of hydrogen-bond acceptors (Lipinski definition) is 2. The van der Waals surface area contributed by atoms with Crippen molar-refractivity contribution in [1.29, 1.82) is 0 Å². The van der Waals surface area contributed by atoms with Crippen LogP contribution in [-0.4, -0.2) is 18.9 Å². The fraction of sp³-hybridized carbons (Fsp3) is 0.462. The molecule has 0 bridgehead atoms. The van der Waals surface area contributed by atoms with Gasteiger partial charge in [0.2, 0.25) is 0 Å². The maximum absolute atomic E-state index is 12.4. The molecule has 1 aliphatic heterocycles. The minimum atomic E-state index is 0.169. The summed E-state index contributed by atoms with van der Waals surface area (Å²) in [5.74, 6) is 0.432. The van der Waals surface area contributed by atoms with E-state index in [1.54, 1.807) is 0 Å². The monoisotopic (exact) mass is 359 g/mol. The van der Waals surface area contributed by atoms with E-state index in [0.29, 0.717) is 0 Å². The quantitative estimate of drug-likeness (QED) is 0.814. The fourth-order valence-corrected chi connectivity index (χ4v) is 3.14. The SMILES string of the molecule is Cc1cc(Br)c(C(=O)C2CCNCC2)cc1Br. The summed E-state index contributed by atoms with van der Waals surface area (Å²) in [6.45, 7) is 3.91. The smallest absolute Gasteiger partial charge is 0.167 e. The predicted octanol–water partition coefficient (Wildman–Crippen LogP) is 3.70. The van der Waals surface area contributed by atoms with E-state index in [2.05, 4.69) is 37.2 Å². The Balaban J connectivity index is 2.26. The molecular formula is C13H15Br2NO. The summed E-state index contributed by atoms with van der Waals surface area (Å²) in [6.07, 6.45) is 1.88. The van der Waals surface area contributed by atoms with Crippen molar-refractivity contribution in [2.24, 2.45) is 5.92 Å². The first-order chi connectivity index (χ1) is 8.09. The molecule has 17 heavy (non-hydrogen) atoms. The summed E-state index contributed by atoms with van der Waals surface area (Å²) in [6, 6.07) is 3.93. The highest BCUT2D eigenvalue weighted by Gasteiger charge is 2.24. The fourth-order valence-electron chi connectivity index (χ4n) is 2.14. The first kappa shape index (κ1) is 13.2. The van der Waals surface area contributed by atoms with E-state index >= 15 is 0 Å². The zero-order valence-electron chi connectivity index (χ0n) is 9.72. The molecule has 0 radical (unpaired) electrons. The first-order valence-electron chi connectivity index (χ1n) is 5.80. The third-order valence-corrected chi connectivity index (χ3v) is 4.73. The van der Waals surface area contributed by atoms with Crippen molar-refractivity contribution in [1.82, 2.24) is 5.32 Å². The lowest BCUT2D eigenvalue weighted by molar-refractivity contribution is 0.0894. The molecule has 0 spiro atoms. The summed E-state index contributed by atoms with van der Waals surface area (Å²) < 4.78 is 1.90. The summed E-state index contributed by atoms with van der Waals surface area (Å²) in [4.78, 5) is 12.4. The van der Waals surface area contributed by atoms with Gasteiger partial charge in [0.25, 0.3) is 0 Å². The Morgan fingerprint density at radius 2 is 1.88 bits per heavy atom. The summed E-state index contributed by atoms with van der Waals surface area (Å²) in [5, 5.41) is 3.28. The van der Waals surface area contributed by atoms with Crippen LogP contribution in [0.1, 0.15) is 28.8 Å². The van der Waals surface area contributed by atoms with E-state index in [1.165, 1.54) is 0 Å². The summed E-state index contributed by atoms with van der Waals surface area (Å²) in [7, 11) is 0. The highest BCUT2D eigenvalue weighted by molar-refractivity contribution is 9.11. The zero-order valence-corrected chi connectivity index (χ0v) is 12.9. The molecule has 92 valence electrons. The van der Waals surface area contributed by atoms with E-state index in [9.17, 15) is 4.79 Å². The Kier molecular flexibility index (Phi) is 4.39.